The molecule has 2 aliphatic carbocycles. The fraction of sp³-hybridized carbons (Fsp3) is 0.364. The van der Waals surface area contributed by atoms with Gasteiger partial charge in [0.1, 0.15) is 6.04 Å². The van der Waals surface area contributed by atoms with Crippen LogP contribution in [0.5, 0.6) is 0 Å². The number of nitriles is 1. The molecule has 2 aromatic rings. The molecule has 28 heavy (non-hydrogen) atoms. The Morgan fingerprint density at radius 2 is 2.00 bits per heavy atom. The molecule has 1 saturated heterocycles. The molecule has 6 heteroatoms. The summed E-state index contributed by atoms with van der Waals surface area (Å²) in [7, 11) is 0. The van der Waals surface area contributed by atoms with Crippen LogP contribution in [0.15, 0.2) is 30.7 Å². The summed E-state index contributed by atoms with van der Waals surface area (Å²) in [5.41, 5.74) is 5.17. The van der Waals surface area contributed by atoms with Crippen LogP contribution in [0.3, 0.4) is 0 Å². The van der Waals surface area contributed by atoms with Crippen molar-refractivity contribution in [2.75, 3.05) is 13.1 Å². The van der Waals surface area contributed by atoms with Gasteiger partial charge < -0.3 is 9.47 Å². The Bertz CT molecular complexity index is 1100. The molecule has 3 heterocycles. The van der Waals surface area contributed by atoms with Crippen molar-refractivity contribution in [3.8, 4) is 17.2 Å². The van der Waals surface area contributed by atoms with Gasteiger partial charge in [0, 0.05) is 60.4 Å². The minimum absolute atomic E-state index is 0.0106. The lowest BCUT2D eigenvalue weighted by molar-refractivity contribution is -0.141. The largest absolute Gasteiger partial charge is 0.340 e. The third-order valence-corrected chi connectivity index (χ3v) is 6.01. The van der Waals surface area contributed by atoms with Crippen molar-refractivity contribution in [3.05, 3.63) is 47.6 Å². The van der Waals surface area contributed by atoms with Crippen LogP contribution in [0.2, 0.25) is 0 Å². The number of nitrogens with zero attached hydrogens (tertiary/aromatic N) is 4. The maximum atomic E-state index is 13.1. The highest BCUT2D eigenvalue weighted by Gasteiger charge is 2.39. The molecule has 5 rings (SSSR count). The molecule has 1 aliphatic heterocycles. The van der Waals surface area contributed by atoms with Crippen LogP contribution >= 0.6 is 0 Å². The van der Waals surface area contributed by atoms with Crippen molar-refractivity contribution < 1.29 is 9.59 Å². The van der Waals surface area contributed by atoms with Crippen LogP contribution < -0.4 is 0 Å². The maximum Gasteiger partial charge on any atom is 0.245 e. The summed E-state index contributed by atoms with van der Waals surface area (Å²) in [6.07, 6.45) is 8.19. The number of aromatic nitrogens is 2. The molecule has 140 valence electrons. The molecular weight excluding hydrogens is 352 g/mol. The van der Waals surface area contributed by atoms with Crippen LogP contribution in [0, 0.1) is 23.2 Å². The Kier molecular flexibility index (Phi) is 3.57. The zero-order chi connectivity index (χ0) is 19.6. The number of hydrogen-bond donors (Lipinski definition) is 0. The minimum atomic E-state index is -0.391. The van der Waals surface area contributed by atoms with Crippen molar-refractivity contribution >= 4 is 17.3 Å². The van der Waals surface area contributed by atoms with Crippen molar-refractivity contribution in [2.24, 2.45) is 11.8 Å². The Morgan fingerprint density at radius 1 is 1.25 bits per heavy atom. The molecule has 1 amide bonds. The van der Waals surface area contributed by atoms with Crippen LogP contribution in [0.1, 0.15) is 41.5 Å². The van der Waals surface area contributed by atoms with Gasteiger partial charge in [-0.05, 0) is 17.5 Å². The number of pyridine rings is 1. The second-order valence-corrected chi connectivity index (χ2v) is 8.12. The molecule has 1 unspecified atom stereocenters. The first-order chi connectivity index (χ1) is 13.5. The molecule has 2 aromatic heterocycles. The van der Waals surface area contributed by atoms with Gasteiger partial charge in [-0.3, -0.25) is 14.6 Å². The first-order valence-electron chi connectivity index (χ1n) is 9.63. The molecule has 6 nitrogen and oxygen atoms in total. The van der Waals surface area contributed by atoms with E-state index in [0.717, 1.165) is 28.0 Å². The van der Waals surface area contributed by atoms with E-state index < -0.39 is 6.04 Å². The second kappa shape index (κ2) is 5.90. The predicted octanol–water partition coefficient (Wildman–Crippen LogP) is 2.86. The molecule has 0 aromatic carbocycles. The van der Waals surface area contributed by atoms with Crippen molar-refractivity contribution in [3.63, 3.8) is 0 Å². The number of rotatable bonds is 3. The molecular formula is C22H20N4O2. The molecule has 1 atom stereocenters. The second-order valence-electron chi connectivity index (χ2n) is 8.12. The molecule has 3 aliphatic rings. The van der Waals surface area contributed by atoms with Gasteiger partial charge >= 0.3 is 0 Å². The van der Waals surface area contributed by atoms with Gasteiger partial charge in [0.2, 0.25) is 5.91 Å². The smallest absolute Gasteiger partial charge is 0.245 e. The van der Waals surface area contributed by atoms with Gasteiger partial charge in [0.25, 0.3) is 0 Å². The van der Waals surface area contributed by atoms with E-state index in [2.05, 4.69) is 11.1 Å². The number of fused-ring (bicyclic) bond motifs is 2. The summed E-state index contributed by atoms with van der Waals surface area (Å²) in [6.45, 7) is 5.00. The molecule has 0 radical (unpaired) electrons. The molecule has 0 spiro atoms. The van der Waals surface area contributed by atoms with Gasteiger partial charge in [0.05, 0.1) is 17.7 Å². The third-order valence-electron chi connectivity index (χ3n) is 6.01. The summed E-state index contributed by atoms with van der Waals surface area (Å²) >= 11 is 0. The first-order valence-corrected chi connectivity index (χ1v) is 9.63. The highest BCUT2D eigenvalue weighted by Crippen LogP contribution is 2.44. The number of amides is 1. The SMILES string of the molecule is CC(C)C(C(=O)N1CC(C#N)C1)n1cc2c(c1)-c1ccnc3c1C(=CC3)C2=O. The Labute approximate surface area is 163 Å². The van der Waals surface area contributed by atoms with E-state index in [-0.39, 0.29) is 23.5 Å². The van der Waals surface area contributed by atoms with E-state index in [1.165, 1.54) is 0 Å². The summed E-state index contributed by atoms with van der Waals surface area (Å²) in [4.78, 5) is 32.3. The van der Waals surface area contributed by atoms with E-state index in [0.29, 0.717) is 25.1 Å². The summed E-state index contributed by atoms with van der Waals surface area (Å²) in [5, 5.41) is 8.99. The normalized spacial score (nSPS) is 18.3. The first kappa shape index (κ1) is 16.9. The van der Waals surface area contributed by atoms with Crippen molar-refractivity contribution in [1.82, 2.24) is 14.5 Å². The minimum Gasteiger partial charge on any atom is -0.340 e. The predicted molar refractivity (Wildman–Crippen MR) is 103 cm³/mol. The maximum absolute atomic E-state index is 13.1. The lowest BCUT2D eigenvalue weighted by atomic mass is 9.86. The van der Waals surface area contributed by atoms with E-state index in [9.17, 15) is 9.59 Å². The van der Waals surface area contributed by atoms with E-state index in [1.54, 1.807) is 11.1 Å². The van der Waals surface area contributed by atoms with Crippen LogP contribution in [-0.4, -0.2) is 39.2 Å². The molecule has 0 N–H and O–H groups in total. The fourth-order valence-corrected chi connectivity index (χ4v) is 4.55. The summed E-state index contributed by atoms with van der Waals surface area (Å²) in [5.74, 6) is 0.0174. The molecule has 0 saturated carbocycles. The number of allylic oxidation sites excluding steroid dienone is 2. The van der Waals surface area contributed by atoms with Gasteiger partial charge in [-0.25, -0.2) is 0 Å². The number of carbonyl (C=O) groups excluding carboxylic acids is 2. The van der Waals surface area contributed by atoms with E-state index in [1.807, 2.05) is 43.0 Å². The van der Waals surface area contributed by atoms with Crippen LogP contribution in [0.25, 0.3) is 16.7 Å². The number of ketones is 1. The number of carbonyl (C=O) groups is 2. The monoisotopic (exact) mass is 372 g/mol. The standard InChI is InChI=1S/C22H20N4O2/c1-12(2)20(22(28)26-8-13(7-23)9-26)25-10-16-14-5-6-24-18-4-3-15(19(14)18)21(27)17(16)11-25/h3,5-6,10-13,20H,4,8-9H2,1-2H3. The Morgan fingerprint density at radius 3 is 2.71 bits per heavy atom. The Balaban J connectivity index is 1.57. The van der Waals surface area contributed by atoms with Crippen LogP contribution in [0.4, 0.5) is 0 Å². The van der Waals surface area contributed by atoms with Gasteiger partial charge in [-0.15, -0.1) is 0 Å². The zero-order valence-corrected chi connectivity index (χ0v) is 15.8. The summed E-state index contributed by atoms with van der Waals surface area (Å²) in [6, 6.07) is 3.77. The van der Waals surface area contributed by atoms with E-state index >= 15 is 0 Å². The van der Waals surface area contributed by atoms with Crippen molar-refractivity contribution in [2.45, 2.75) is 26.3 Å². The average Bonchev–Trinajstić information content (AvgIpc) is 3.24. The Hall–Kier alpha value is -3.20. The fourth-order valence-electron chi connectivity index (χ4n) is 4.55. The molecule has 1 fully saturated rings. The average molecular weight is 372 g/mol. The number of Topliss-reactive ketones (excluding diaryl/α,β-unsaturated/α-hetero) is 1. The highest BCUT2D eigenvalue weighted by molar-refractivity contribution is 6.35. The van der Waals surface area contributed by atoms with Crippen molar-refractivity contribution in [1.29, 1.82) is 5.26 Å². The van der Waals surface area contributed by atoms with Crippen LogP contribution in [-0.2, 0) is 11.2 Å². The van der Waals surface area contributed by atoms with E-state index in [4.69, 9.17) is 5.26 Å². The van der Waals surface area contributed by atoms with Gasteiger partial charge in [-0.1, -0.05) is 19.9 Å². The zero-order valence-electron chi connectivity index (χ0n) is 15.8. The topological polar surface area (TPSA) is 79.0 Å². The van der Waals surface area contributed by atoms with Gasteiger partial charge in [-0.2, -0.15) is 5.26 Å². The summed E-state index contributed by atoms with van der Waals surface area (Å²) < 4.78 is 1.89. The number of likely N-dealkylation sites (tertiary alicyclic amines) is 1. The molecule has 0 bridgehead atoms. The quantitative estimate of drug-likeness (QED) is 0.830. The lowest BCUT2D eigenvalue weighted by Gasteiger charge is -2.38. The highest BCUT2D eigenvalue weighted by atomic mass is 16.2. The van der Waals surface area contributed by atoms with Gasteiger partial charge in [0.15, 0.2) is 5.78 Å². The lowest BCUT2D eigenvalue weighted by Crippen LogP contribution is -2.52. The number of hydrogen-bond acceptors (Lipinski definition) is 4. The third kappa shape index (κ3) is 2.22.